The van der Waals surface area contributed by atoms with Crippen LogP contribution >= 0.6 is 11.8 Å². The van der Waals surface area contributed by atoms with Gasteiger partial charge in [0.05, 0.1) is 19.4 Å². The first kappa shape index (κ1) is 19.9. The number of hydrogen-bond donors (Lipinski definition) is 0. The zero-order valence-corrected chi connectivity index (χ0v) is 16.6. The molecule has 0 saturated heterocycles. The van der Waals surface area contributed by atoms with Gasteiger partial charge >= 0.3 is 5.97 Å². The zero-order valence-electron chi connectivity index (χ0n) is 15.8. The predicted octanol–water partition coefficient (Wildman–Crippen LogP) is 4.13. The van der Waals surface area contributed by atoms with Crippen molar-refractivity contribution in [3.05, 3.63) is 54.3 Å². The van der Waals surface area contributed by atoms with E-state index in [9.17, 15) is 9.18 Å². The summed E-state index contributed by atoms with van der Waals surface area (Å²) in [5.74, 6) is 0.391. The van der Waals surface area contributed by atoms with E-state index in [0.717, 1.165) is 23.1 Å². The van der Waals surface area contributed by atoms with E-state index in [1.54, 1.807) is 29.7 Å². The number of hydrogen-bond acceptors (Lipinski definition) is 6. The molecule has 0 N–H and O–H groups in total. The third kappa shape index (κ3) is 4.17. The molecule has 3 aromatic rings. The van der Waals surface area contributed by atoms with Gasteiger partial charge < -0.3 is 9.47 Å². The SMILES string of the molecule is CCOc1ccc(-c2nnc(SC(C)C(=O)OC)n2-c2ccccc2F)cc1. The summed E-state index contributed by atoms with van der Waals surface area (Å²) < 4.78 is 26.4. The van der Waals surface area contributed by atoms with E-state index < -0.39 is 17.0 Å². The van der Waals surface area contributed by atoms with Crippen LogP contribution in [0.1, 0.15) is 13.8 Å². The second-order valence-electron chi connectivity index (χ2n) is 5.83. The van der Waals surface area contributed by atoms with E-state index in [0.29, 0.717) is 23.3 Å². The molecule has 0 fully saturated rings. The lowest BCUT2D eigenvalue weighted by atomic mass is 10.2. The second kappa shape index (κ2) is 8.88. The first-order valence-corrected chi connectivity index (χ1v) is 9.61. The summed E-state index contributed by atoms with van der Waals surface area (Å²) in [5.41, 5.74) is 1.05. The van der Waals surface area contributed by atoms with Crippen molar-refractivity contribution >= 4 is 17.7 Å². The predicted molar refractivity (Wildman–Crippen MR) is 105 cm³/mol. The van der Waals surface area contributed by atoms with E-state index in [2.05, 4.69) is 10.2 Å². The maximum Gasteiger partial charge on any atom is 0.318 e. The largest absolute Gasteiger partial charge is 0.494 e. The van der Waals surface area contributed by atoms with E-state index in [-0.39, 0.29) is 0 Å². The lowest BCUT2D eigenvalue weighted by Crippen LogP contribution is -2.15. The van der Waals surface area contributed by atoms with Crippen LogP contribution in [0.25, 0.3) is 17.1 Å². The first-order valence-electron chi connectivity index (χ1n) is 8.73. The molecule has 6 nitrogen and oxygen atoms in total. The highest BCUT2D eigenvalue weighted by Gasteiger charge is 2.23. The van der Waals surface area contributed by atoms with Crippen molar-refractivity contribution in [3.8, 4) is 22.8 Å². The van der Waals surface area contributed by atoms with Gasteiger partial charge in [-0.1, -0.05) is 23.9 Å². The van der Waals surface area contributed by atoms with Gasteiger partial charge in [-0.3, -0.25) is 9.36 Å². The van der Waals surface area contributed by atoms with Crippen LogP contribution in [0.15, 0.2) is 53.7 Å². The van der Waals surface area contributed by atoms with Gasteiger partial charge in [-0.25, -0.2) is 4.39 Å². The Hall–Kier alpha value is -2.87. The van der Waals surface area contributed by atoms with Crippen molar-refractivity contribution in [1.82, 2.24) is 14.8 Å². The van der Waals surface area contributed by atoms with Crippen molar-refractivity contribution in [2.75, 3.05) is 13.7 Å². The molecule has 1 heterocycles. The molecule has 1 unspecified atom stereocenters. The fourth-order valence-corrected chi connectivity index (χ4v) is 3.51. The molecule has 3 rings (SSSR count). The highest BCUT2D eigenvalue weighted by atomic mass is 32.2. The topological polar surface area (TPSA) is 66.2 Å². The maximum absolute atomic E-state index is 14.6. The highest BCUT2D eigenvalue weighted by Crippen LogP contribution is 2.32. The van der Waals surface area contributed by atoms with Gasteiger partial charge in [0.25, 0.3) is 0 Å². The Bertz CT molecular complexity index is 960. The Morgan fingerprint density at radius 1 is 1.18 bits per heavy atom. The smallest absolute Gasteiger partial charge is 0.318 e. The molecule has 0 bridgehead atoms. The van der Waals surface area contributed by atoms with Crippen molar-refractivity contribution in [2.45, 2.75) is 24.3 Å². The van der Waals surface area contributed by atoms with Crippen molar-refractivity contribution in [2.24, 2.45) is 0 Å². The lowest BCUT2D eigenvalue weighted by molar-refractivity contribution is -0.139. The minimum atomic E-state index is -0.520. The summed E-state index contributed by atoms with van der Waals surface area (Å²) in [6.07, 6.45) is 0. The molecule has 0 aliphatic rings. The van der Waals surface area contributed by atoms with Crippen LogP contribution in [0.3, 0.4) is 0 Å². The number of esters is 1. The molecular formula is C20H20FN3O3S. The fraction of sp³-hybridized carbons (Fsp3) is 0.250. The van der Waals surface area contributed by atoms with E-state index in [1.807, 2.05) is 31.2 Å². The van der Waals surface area contributed by atoms with Crippen LogP contribution in [0.4, 0.5) is 4.39 Å². The van der Waals surface area contributed by atoms with Gasteiger partial charge in [-0.15, -0.1) is 10.2 Å². The Kier molecular flexibility index (Phi) is 6.30. The second-order valence-corrected chi connectivity index (χ2v) is 7.14. The van der Waals surface area contributed by atoms with Crippen LogP contribution in [-0.2, 0) is 9.53 Å². The number of nitrogens with zero attached hydrogens (tertiary/aromatic N) is 3. The lowest BCUT2D eigenvalue weighted by Gasteiger charge is -2.13. The number of para-hydroxylation sites is 1. The van der Waals surface area contributed by atoms with Crippen LogP contribution in [0.5, 0.6) is 5.75 Å². The summed E-state index contributed by atoms with van der Waals surface area (Å²) in [5, 5.41) is 8.32. The number of aromatic nitrogens is 3. The van der Waals surface area contributed by atoms with Gasteiger partial charge in [0, 0.05) is 5.56 Å². The summed E-state index contributed by atoms with van der Waals surface area (Å²) in [6.45, 7) is 4.18. The number of methoxy groups -OCH3 is 1. The molecule has 2 aromatic carbocycles. The summed E-state index contributed by atoms with van der Waals surface area (Å²) in [4.78, 5) is 11.8. The molecule has 1 atom stereocenters. The molecule has 1 aromatic heterocycles. The number of carbonyl (C=O) groups excluding carboxylic acids is 1. The number of rotatable bonds is 7. The molecular weight excluding hydrogens is 381 g/mol. The van der Waals surface area contributed by atoms with Gasteiger partial charge in [0.15, 0.2) is 11.0 Å². The average Bonchev–Trinajstić information content (AvgIpc) is 3.11. The van der Waals surface area contributed by atoms with Gasteiger partial charge in [0.1, 0.15) is 16.8 Å². The molecule has 8 heteroatoms. The average molecular weight is 401 g/mol. The Morgan fingerprint density at radius 2 is 1.89 bits per heavy atom. The number of ether oxygens (including phenoxy) is 2. The number of carbonyl (C=O) groups is 1. The number of benzene rings is 2. The summed E-state index contributed by atoms with van der Waals surface area (Å²) in [6, 6.07) is 13.7. The van der Waals surface area contributed by atoms with Gasteiger partial charge in [0.2, 0.25) is 0 Å². The summed E-state index contributed by atoms with van der Waals surface area (Å²) >= 11 is 1.16. The molecule has 0 spiro atoms. The minimum Gasteiger partial charge on any atom is -0.494 e. The molecule has 0 saturated carbocycles. The zero-order chi connectivity index (χ0) is 20.1. The fourth-order valence-electron chi connectivity index (χ4n) is 2.62. The molecule has 0 aliphatic heterocycles. The first-order chi connectivity index (χ1) is 13.5. The molecule has 0 amide bonds. The number of halogens is 1. The van der Waals surface area contributed by atoms with E-state index in [4.69, 9.17) is 9.47 Å². The molecule has 28 heavy (non-hydrogen) atoms. The Balaban J connectivity index is 2.07. The normalized spacial score (nSPS) is 11.9. The third-order valence-corrected chi connectivity index (χ3v) is 4.99. The molecule has 0 radical (unpaired) electrons. The van der Waals surface area contributed by atoms with E-state index in [1.165, 1.54) is 13.2 Å². The van der Waals surface area contributed by atoms with E-state index >= 15 is 0 Å². The third-order valence-electron chi connectivity index (χ3n) is 3.97. The van der Waals surface area contributed by atoms with Gasteiger partial charge in [-0.05, 0) is 50.2 Å². The number of thioether (sulfide) groups is 1. The van der Waals surface area contributed by atoms with Gasteiger partial charge in [-0.2, -0.15) is 0 Å². The maximum atomic E-state index is 14.6. The van der Waals surface area contributed by atoms with Crippen molar-refractivity contribution in [1.29, 1.82) is 0 Å². The Labute approximate surface area is 166 Å². The molecule has 146 valence electrons. The van der Waals surface area contributed by atoms with Crippen molar-refractivity contribution < 1.29 is 18.7 Å². The monoisotopic (exact) mass is 401 g/mol. The van der Waals surface area contributed by atoms with Crippen LogP contribution < -0.4 is 4.74 Å². The van der Waals surface area contributed by atoms with Crippen LogP contribution in [0, 0.1) is 5.82 Å². The Morgan fingerprint density at radius 3 is 2.54 bits per heavy atom. The van der Waals surface area contributed by atoms with Crippen molar-refractivity contribution in [3.63, 3.8) is 0 Å². The van der Waals surface area contributed by atoms with Crippen LogP contribution in [-0.4, -0.2) is 39.7 Å². The minimum absolute atomic E-state index is 0.302. The summed E-state index contributed by atoms with van der Waals surface area (Å²) in [7, 11) is 1.33. The standard InChI is InChI=1S/C20H20FN3O3S/c1-4-27-15-11-9-14(10-12-15)18-22-23-20(28-13(2)19(25)26-3)24(18)17-8-6-5-7-16(17)21/h5-13H,4H2,1-3H3. The highest BCUT2D eigenvalue weighted by molar-refractivity contribution is 8.00. The quantitative estimate of drug-likeness (QED) is 0.438. The molecule has 0 aliphatic carbocycles. The van der Waals surface area contributed by atoms with Crippen LogP contribution in [0.2, 0.25) is 0 Å².